The Labute approximate surface area is 84.4 Å². The maximum atomic E-state index is 3.81. The van der Waals surface area contributed by atoms with Gasteiger partial charge in [-0.2, -0.15) is 0 Å². The van der Waals surface area contributed by atoms with E-state index in [9.17, 15) is 0 Å². The molecule has 2 atom stereocenters. The first-order valence-corrected chi connectivity index (χ1v) is 5.70. The minimum Gasteiger partial charge on any atom is -0.0883 e. The van der Waals surface area contributed by atoms with Gasteiger partial charge < -0.3 is 0 Å². The van der Waals surface area contributed by atoms with Crippen LogP contribution >= 0.6 is 0 Å². The van der Waals surface area contributed by atoms with E-state index in [1.807, 2.05) is 0 Å². The van der Waals surface area contributed by atoms with Crippen LogP contribution in [0, 0.1) is 18.8 Å². The summed E-state index contributed by atoms with van der Waals surface area (Å²) in [5.74, 6) is 1.66. The normalized spacial score (nSPS) is 16.3. The van der Waals surface area contributed by atoms with Crippen molar-refractivity contribution in [2.45, 2.75) is 52.9 Å². The molecule has 1 radical (unpaired) electrons. The van der Waals surface area contributed by atoms with Gasteiger partial charge in [-0.15, -0.1) is 0 Å². The molecule has 0 aliphatic heterocycles. The maximum absolute atomic E-state index is 3.81. The largest absolute Gasteiger partial charge is 0.0883 e. The fourth-order valence-corrected chi connectivity index (χ4v) is 1.83. The quantitative estimate of drug-likeness (QED) is 0.503. The molecule has 0 rings (SSSR count). The number of rotatable bonds is 7. The molecule has 0 N–H and O–H groups in total. The Bertz CT molecular complexity index is 124. The summed E-state index contributed by atoms with van der Waals surface area (Å²) in [6.07, 6.45) is 10.8. The van der Waals surface area contributed by atoms with Gasteiger partial charge in [0, 0.05) is 0 Å². The molecule has 0 heterocycles. The minimum absolute atomic E-state index is 0.734. The van der Waals surface area contributed by atoms with Crippen molar-refractivity contribution in [1.29, 1.82) is 0 Å². The number of hydrogen-bond acceptors (Lipinski definition) is 0. The van der Waals surface area contributed by atoms with Gasteiger partial charge in [0.05, 0.1) is 0 Å². The third kappa shape index (κ3) is 6.86. The molecule has 0 aliphatic rings. The molecule has 0 bridgehead atoms. The average Bonchev–Trinajstić information content (AvgIpc) is 2.14. The highest BCUT2D eigenvalue weighted by Gasteiger charge is 2.07. The first-order chi connectivity index (χ1) is 6.24. The summed E-state index contributed by atoms with van der Waals surface area (Å²) in [5.41, 5.74) is 0. The van der Waals surface area contributed by atoms with Gasteiger partial charge in [0.15, 0.2) is 0 Å². The van der Waals surface area contributed by atoms with Crippen LogP contribution in [-0.2, 0) is 0 Å². The summed E-state index contributed by atoms with van der Waals surface area (Å²) in [6.45, 7) is 10.7. The summed E-state index contributed by atoms with van der Waals surface area (Å²) in [4.78, 5) is 0. The lowest BCUT2D eigenvalue weighted by Gasteiger charge is -2.16. The van der Waals surface area contributed by atoms with Crippen LogP contribution in [0.3, 0.4) is 0 Å². The van der Waals surface area contributed by atoms with Gasteiger partial charge in [0.25, 0.3) is 0 Å². The van der Waals surface area contributed by atoms with Crippen molar-refractivity contribution < 1.29 is 0 Å². The van der Waals surface area contributed by atoms with Crippen LogP contribution in [0.2, 0.25) is 0 Å². The molecule has 0 aromatic carbocycles. The zero-order valence-electron chi connectivity index (χ0n) is 9.55. The van der Waals surface area contributed by atoms with Crippen molar-refractivity contribution in [2.24, 2.45) is 11.8 Å². The molecular formula is C13H25. The van der Waals surface area contributed by atoms with Crippen LogP contribution in [0.1, 0.15) is 52.9 Å². The van der Waals surface area contributed by atoms with E-state index in [0.29, 0.717) is 0 Å². The molecule has 0 amide bonds. The van der Waals surface area contributed by atoms with E-state index < -0.39 is 0 Å². The SMILES string of the molecule is [CH2]C/C=C/C(C)CC(CC)CCC. The predicted molar refractivity (Wildman–Crippen MR) is 61.6 cm³/mol. The van der Waals surface area contributed by atoms with E-state index in [2.05, 4.69) is 39.8 Å². The van der Waals surface area contributed by atoms with Gasteiger partial charge in [-0.1, -0.05) is 52.2 Å². The second-order valence-electron chi connectivity index (χ2n) is 3.99. The molecule has 2 unspecified atom stereocenters. The second kappa shape index (κ2) is 8.34. The fraction of sp³-hybridized carbons (Fsp3) is 0.769. The highest BCUT2D eigenvalue weighted by atomic mass is 14.1. The summed E-state index contributed by atoms with van der Waals surface area (Å²) in [7, 11) is 0. The molecule has 0 saturated carbocycles. The molecular weight excluding hydrogens is 156 g/mol. The van der Waals surface area contributed by atoms with E-state index in [0.717, 1.165) is 18.3 Å². The zero-order chi connectivity index (χ0) is 10.1. The van der Waals surface area contributed by atoms with Crippen molar-refractivity contribution >= 4 is 0 Å². The fourth-order valence-electron chi connectivity index (χ4n) is 1.83. The average molecular weight is 181 g/mol. The Morgan fingerprint density at radius 3 is 2.46 bits per heavy atom. The molecule has 0 spiro atoms. The van der Waals surface area contributed by atoms with Crippen molar-refractivity contribution in [3.63, 3.8) is 0 Å². The van der Waals surface area contributed by atoms with Crippen LogP contribution in [0.15, 0.2) is 12.2 Å². The van der Waals surface area contributed by atoms with Crippen LogP contribution < -0.4 is 0 Å². The van der Waals surface area contributed by atoms with E-state index in [1.54, 1.807) is 0 Å². The molecule has 0 aliphatic carbocycles. The van der Waals surface area contributed by atoms with Gasteiger partial charge in [-0.05, 0) is 31.6 Å². The summed E-state index contributed by atoms with van der Waals surface area (Å²) in [5, 5.41) is 0. The highest BCUT2D eigenvalue weighted by Crippen LogP contribution is 2.21. The molecule has 0 heteroatoms. The van der Waals surface area contributed by atoms with Crippen LogP contribution in [0.5, 0.6) is 0 Å². The van der Waals surface area contributed by atoms with Gasteiger partial charge in [-0.3, -0.25) is 0 Å². The Balaban J connectivity index is 3.71. The van der Waals surface area contributed by atoms with Gasteiger partial charge in [-0.25, -0.2) is 0 Å². The standard InChI is InChI=1S/C13H25/c1-5-8-10-12(4)11-13(7-3)9-6-2/h8,10,12-13H,1,5-7,9,11H2,2-4H3/b10-8+. The monoisotopic (exact) mass is 181 g/mol. The molecule has 77 valence electrons. The summed E-state index contributed by atoms with van der Waals surface area (Å²) in [6, 6.07) is 0. The predicted octanol–water partition coefficient (Wildman–Crippen LogP) is 4.62. The lowest BCUT2D eigenvalue weighted by Crippen LogP contribution is -2.03. The van der Waals surface area contributed by atoms with Gasteiger partial charge in [0.1, 0.15) is 0 Å². The van der Waals surface area contributed by atoms with Gasteiger partial charge in [0.2, 0.25) is 0 Å². The number of allylic oxidation sites excluding steroid dienone is 2. The van der Waals surface area contributed by atoms with Crippen LogP contribution in [0.4, 0.5) is 0 Å². The Morgan fingerprint density at radius 2 is 2.00 bits per heavy atom. The molecule has 0 fully saturated rings. The smallest absolute Gasteiger partial charge is 0.0259 e. The summed E-state index contributed by atoms with van der Waals surface area (Å²) >= 11 is 0. The Morgan fingerprint density at radius 1 is 1.31 bits per heavy atom. The van der Waals surface area contributed by atoms with Crippen molar-refractivity contribution in [1.82, 2.24) is 0 Å². The molecule has 0 saturated heterocycles. The first kappa shape index (κ1) is 12.7. The Hall–Kier alpha value is -0.260. The molecule has 0 aromatic rings. The van der Waals surface area contributed by atoms with Crippen molar-refractivity contribution in [3.05, 3.63) is 19.1 Å². The minimum atomic E-state index is 0.734. The van der Waals surface area contributed by atoms with Crippen molar-refractivity contribution in [2.75, 3.05) is 0 Å². The maximum Gasteiger partial charge on any atom is -0.0259 e. The van der Waals surface area contributed by atoms with E-state index in [1.165, 1.54) is 25.7 Å². The first-order valence-electron chi connectivity index (χ1n) is 5.70. The zero-order valence-corrected chi connectivity index (χ0v) is 9.55. The molecule has 13 heavy (non-hydrogen) atoms. The lowest BCUT2D eigenvalue weighted by atomic mass is 9.90. The lowest BCUT2D eigenvalue weighted by molar-refractivity contribution is 0.390. The molecule has 0 aromatic heterocycles. The Kier molecular flexibility index (Phi) is 8.18. The summed E-state index contributed by atoms with van der Waals surface area (Å²) < 4.78 is 0. The van der Waals surface area contributed by atoms with Gasteiger partial charge >= 0.3 is 0 Å². The second-order valence-corrected chi connectivity index (χ2v) is 3.99. The van der Waals surface area contributed by atoms with E-state index >= 15 is 0 Å². The third-order valence-corrected chi connectivity index (χ3v) is 2.61. The highest BCUT2D eigenvalue weighted by molar-refractivity contribution is 4.87. The van der Waals surface area contributed by atoms with Crippen molar-refractivity contribution in [3.8, 4) is 0 Å². The number of hydrogen-bond donors (Lipinski definition) is 0. The molecule has 0 nitrogen and oxygen atoms in total. The topological polar surface area (TPSA) is 0 Å². The van der Waals surface area contributed by atoms with E-state index in [4.69, 9.17) is 0 Å². The van der Waals surface area contributed by atoms with E-state index in [-0.39, 0.29) is 0 Å². The van der Waals surface area contributed by atoms with Crippen LogP contribution in [0.25, 0.3) is 0 Å². The van der Waals surface area contributed by atoms with Crippen LogP contribution in [-0.4, -0.2) is 0 Å². The third-order valence-electron chi connectivity index (χ3n) is 2.61.